The number of hydrogen-bond acceptors (Lipinski definition) is 4. The summed E-state index contributed by atoms with van der Waals surface area (Å²) in [6.07, 6.45) is 9.04. The van der Waals surface area contributed by atoms with Crippen LogP contribution in [0.2, 0.25) is 0 Å². The molecule has 0 aromatic heterocycles. The van der Waals surface area contributed by atoms with Gasteiger partial charge in [-0.2, -0.15) is 0 Å². The van der Waals surface area contributed by atoms with Crippen molar-refractivity contribution < 1.29 is 19.1 Å². The fraction of sp³-hybridized carbons (Fsp3) is 0.545. The zero-order valence-corrected chi connectivity index (χ0v) is 16.3. The lowest BCUT2D eigenvalue weighted by Crippen LogP contribution is -2.51. The van der Waals surface area contributed by atoms with Crippen molar-refractivity contribution in [2.75, 3.05) is 39.4 Å². The first-order valence-electron chi connectivity index (χ1n) is 10.4. The molecule has 1 saturated heterocycles. The van der Waals surface area contributed by atoms with Crippen molar-refractivity contribution in [3.63, 3.8) is 0 Å². The lowest BCUT2D eigenvalue weighted by molar-refractivity contribution is -0.141. The molecule has 150 valence electrons. The first-order chi connectivity index (χ1) is 13.7. The Morgan fingerprint density at radius 3 is 2.32 bits per heavy atom. The number of ether oxygens (including phenoxy) is 2. The molecule has 6 nitrogen and oxygen atoms in total. The molecular weight excluding hydrogens is 356 g/mol. The van der Waals surface area contributed by atoms with Gasteiger partial charge in [0, 0.05) is 38.2 Å². The van der Waals surface area contributed by atoms with Gasteiger partial charge in [0.15, 0.2) is 11.5 Å². The molecule has 0 unspecified atom stereocenters. The topological polar surface area (TPSA) is 59.1 Å². The van der Waals surface area contributed by atoms with E-state index in [4.69, 9.17) is 9.47 Å². The van der Waals surface area contributed by atoms with Crippen LogP contribution in [0.1, 0.15) is 37.7 Å². The van der Waals surface area contributed by atoms with E-state index in [1.807, 2.05) is 28.0 Å². The molecule has 1 aliphatic carbocycles. The van der Waals surface area contributed by atoms with Crippen LogP contribution in [-0.2, 0) is 9.59 Å². The van der Waals surface area contributed by atoms with E-state index < -0.39 is 0 Å². The summed E-state index contributed by atoms with van der Waals surface area (Å²) in [6, 6.07) is 5.67. The fourth-order valence-electron chi connectivity index (χ4n) is 4.19. The zero-order chi connectivity index (χ0) is 19.3. The van der Waals surface area contributed by atoms with Crippen molar-refractivity contribution in [3.8, 4) is 11.5 Å². The molecule has 1 aromatic carbocycles. The Morgan fingerprint density at radius 2 is 1.57 bits per heavy atom. The first-order valence-corrected chi connectivity index (χ1v) is 10.4. The van der Waals surface area contributed by atoms with Gasteiger partial charge in [-0.25, -0.2) is 0 Å². The Labute approximate surface area is 166 Å². The minimum absolute atomic E-state index is 0.0142. The van der Waals surface area contributed by atoms with E-state index in [0.29, 0.717) is 45.3 Å². The van der Waals surface area contributed by atoms with Gasteiger partial charge in [0.05, 0.1) is 0 Å². The molecule has 2 aliphatic heterocycles. The molecule has 2 heterocycles. The lowest BCUT2D eigenvalue weighted by atomic mass is 9.88. The van der Waals surface area contributed by atoms with Crippen LogP contribution in [0.25, 0.3) is 6.08 Å². The second-order valence-electron chi connectivity index (χ2n) is 7.72. The summed E-state index contributed by atoms with van der Waals surface area (Å²) >= 11 is 0. The predicted molar refractivity (Wildman–Crippen MR) is 106 cm³/mol. The third-order valence-corrected chi connectivity index (χ3v) is 5.84. The van der Waals surface area contributed by atoms with Crippen molar-refractivity contribution in [2.45, 2.75) is 32.1 Å². The predicted octanol–water partition coefficient (Wildman–Crippen LogP) is 2.72. The number of amides is 2. The zero-order valence-electron chi connectivity index (χ0n) is 16.3. The van der Waals surface area contributed by atoms with E-state index in [2.05, 4.69) is 0 Å². The van der Waals surface area contributed by atoms with Gasteiger partial charge in [-0.05, 0) is 36.6 Å². The van der Waals surface area contributed by atoms with E-state index in [-0.39, 0.29) is 11.8 Å². The smallest absolute Gasteiger partial charge is 0.246 e. The maximum absolute atomic E-state index is 12.6. The number of benzene rings is 1. The number of nitrogens with zero attached hydrogens (tertiary/aromatic N) is 2. The number of carbonyl (C=O) groups is 2. The molecule has 0 spiro atoms. The first kappa shape index (κ1) is 18.8. The molecule has 2 amide bonds. The summed E-state index contributed by atoms with van der Waals surface area (Å²) in [5.41, 5.74) is 0.906. The Hall–Kier alpha value is -2.50. The summed E-state index contributed by atoms with van der Waals surface area (Å²) in [4.78, 5) is 28.9. The number of hydrogen-bond donors (Lipinski definition) is 0. The molecule has 2 fully saturated rings. The largest absolute Gasteiger partial charge is 0.486 e. The maximum atomic E-state index is 12.6. The van der Waals surface area contributed by atoms with Crippen LogP contribution >= 0.6 is 0 Å². The second-order valence-corrected chi connectivity index (χ2v) is 7.72. The van der Waals surface area contributed by atoms with Crippen LogP contribution in [0.4, 0.5) is 0 Å². The highest BCUT2D eigenvalue weighted by atomic mass is 16.6. The highest BCUT2D eigenvalue weighted by Gasteiger charge is 2.29. The van der Waals surface area contributed by atoms with Crippen LogP contribution in [0.3, 0.4) is 0 Å². The van der Waals surface area contributed by atoms with E-state index in [1.165, 1.54) is 19.3 Å². The van der Waals surface area contributed by atoms with Gasteiger partial charge in [-0.3, -0.25) is 9.59 Å². The van der Waals surface area contributed by atoms with Crippen LogP contribution in [0, 0.1) is 5.92 Å². The summed E-state index contributed by atoms with van der Waals surface area (Å²) in [6.45, 7) is 3.59. The van der Waals surface area contributed by atoms with Crippen molar-refractivity contribution in [1.29, 1.82) is 0 Å². The molecule has 0 N–H and O–H groups in total. The number of rotatable bonds is 3. The number of fused-ring (bicyclic) bond motifs is 1. The summed E-state index contributed by atoms with van der Waals surface area (Å²) < 4.78 is 11.1. The number of piperazine rings is 1. The lowest BCUT2D eigenvalue weighted by Gasteiger charge is -2.36. The maximum Gasteiger partial charge on any atom is 0.246 e. The van der Waals surface area contributed by atoms with E-state index in [9.17, 15) is 9.59 Å². The third-order valence-electron chi connectivity index (χ3n) is 5.84. The second kappa shape index (κ2) is 8.67. The van der Waals surface area contributed by atoms with Gasteiger partial charge in [-0.1, -0.05) is 25.3 Å². The fourth-order valence-corrected chi connectivity index (χ4v) is 4.19. The SMILES string of the molecule is O=C(/C=C/c1ccc2c(c1)OCCO2)N1CCN(C(=O)C2CCCCC2)CC1. The standard InChI is InChI=1S/C22H28N2O4/c25-21(9-7-17-6-8-19-20(16-17)28-15-14-27-19)23-10-12-24(13-11-23)22(26)18-4-2-1-3-5-18/h6-9,16,18H,1-5,10-15H2/b9-7+. The highest BCUT2D eigenvalue weighted by Crippen LogP contribution is 2.31. The van der Waals surface area contributed by atoms with Crippen LogP contribution in [-0.4, -0.2) is 61.0 Å². The van der Waals surface area contributed by atoms with E-state index in [1.54, 1.807) is 12.2 Å². The van der Waals surface area contributed by atoms with Gasteiger partial charge in [-0.15, -0.1) is 0 Å². The normalized spacial score (nSPS) is 20.4. The molecule has 6 heteroatoms. The van der Waals surface area contributed by atoms with E-state index >= 15 is 0 Å². The van der Waals surface area contributed by atoms with Gasteiger partial charge in [0.2, 0.25) is 11.8 Å². The highest BCUT2D eigenvalue weighted by molar-refractivity contribution is 5.92. The van der Waals surface area contributed by atoms with Gasteiger partial charge in [0.1, 0.15) is 13.2 Å². The van der Waals surface area contributed by atoms with Crippen LogP contribution in [0.5, 0.6) is 11.5 Å². The Kier molecular flexibility index (Phi) is 5.84. The average molecular weight is 384 g/mol. The van der Waals surface area contributed by atoms with Crippen LogP contribution in [0.15, 0.2) is 24.3 Å². The molecule has 0 atom stereocenters. The minimum Gasteiger partial charge on any atom is -0.486 e. The van der Waals surface area contributed by atoms with Gasteiger partial charge >= 0.3 is 0 Å². The van der Waals surface area contributed by atoms with E-state index in [0.717, 1.165) is 29.9 Å². The molecule has 1 aromatic rings. The molecule has 4 rings (SSSR count). The minimum atomic E-state index is -0.0142. The van der Waals surface area contributed by atoms with Crippen molar-refractivity contribution in [3.05, 3.63) is 29.8 Å². The summed E-state index contributed by atoms with van der Waals surface area (Å²) in [5, 5.41) is 0. The van der Waals surface area contributed by atoms with Gasteiger partial charge < -0.3 is 19.3 Å². The molecular formula is C22H28N2O4. The van der Waals surface area contributed by atoms with Crippen LogP contribution < -0.4 is 9.47 Å². The molecule has 1 saturated carbocycles. The number of carbonyl (C=O) groups excluding carboxylic acids is 2. The Balaban J connectivity index is 1.29. The summed E-state index contributed by atoms with van der Waals surface area (Å²) in [5.74, 6) is 1.94. The Bertz CT molecular complexity index is 747. The molecule has 28 heavy (non-hydrogen) atoms. The van der Waals surface area contributed by atoms with Crippen molar-refractivity contribution >= 4 is 17.9 Å². The average Bonchev–Trinajstić information content (AvgIpc) is 2.77. The molecule has 0 bridgehead atoms. The Morgan fingerprint density at radius 1 is 0.893 bits per heavy atom. The quantitative estimate of drug-likeness (QED) is 0.752. The molecule has 0 radical (unpaired) electrons. The monoisotopic (exact) mass is 384 g/mol. The molecule has 3 aliphatic rings. The van der Waals surface area contributed by atoms with Crippen molar-refractivity contribution in [1.82, 2.24) is 9.80 Å². The van der Waals surface area contributed by atoms with Crippen molar-refractivity contribution in [2.24, 2.45) is 5.92 Å². The third kappa shape index (κ3) is 4.32. The van der Waals surface area contributed by atoms with Gasteiger partial charge in [0.25, 0.3) is 0 Å². The summed E-state index contributed by atoms with van der Waals surface area (Å²) in [7, 11) is 0.